The van der Waals surface area contributed by atoms with Gasteiger partial charge in [0, 0.05) is 24.8 Å². The lowest BCUT2D eigenvalue weighted by Gasteiger charge is -2.35. The maximum atomic E-state index is 12.2. The SMILES string of the molecule is Cn1cc(C(N)C(=O)NC2CCCC(C)(C)C2)cn1. The molecule has 3 N–H and O–H groups in total. The number of hydrogen-bond donors (Lipinski definition) is 2. The fourth-order valence-corrected chi connectivity index (χ4v) is 2.86. The van der Waals surface area contributed by atoms with E-state index in [1.165, 1.54) is 12.8 Å². The highest BCUT2D eigenvalue weighted by atomic mass is 16.2. The van der Waals surface area contributed by atoms with E-state index in [9.17, 15) is 4.79 Å². The number of amides is 1. The van der Waals surface area contributed by atoms with Crippen molar-refractivity contribution in [3.63, 3.8) is 0 Å². The van der Waals surface area contributed by atoms with Gasteiger partial charge in [-0.3, -0.25) is 9.48 Å². The van der Waals surface area contributed by atoms with E-state index in [0.29, 0.717) is 5.41 Å². The maximum absolute atomic E-state index is 12.2. The summed E-state index contributed by atoms with van der Waals surface area (Å²) < 4.78 is 1.66. The Labute approximate surface area is 114 Å². The number of hydrogen-bond acceptors (Lipinski definition) is 3. The van der Waals surface area contributed by atoms with Gasteiger partial charge in [0.05, 0.1) is 6.20 Å². The number of nitrogens with zero attached hydrogens (tertiary/aromatic N) is 2. The molecule has 2 atom stereocenters. The van der Waals surface area contributed by atoms with Crippen molar-refractivity contribution in [2.24, 2.45) is 18.2 Å². The molecule has 5 heteroatoms. The molecule has 2 unspecified atom stereocenters. The Hall–Kier alpha value is -1.36. The predicted octanol–water partition coefficient (Wildman–Crippen LogP) is 1.50. The molecule has 2 rings (SSSR count). The summed E-state index contributed by atoms with van der Waals surface area (Å²) in [6.07, 6.45) is 7.91. The number of nitrogens with two attached hydrogens (primary N) is 1. The molecule has 106 valence electrons. The quantitative estimate of drug-likeness (QED) is 0.869. The molecule has 1 aliphatic carbocycles. The molecular formula is C14H24N4O. The molecule has 1 amide bonds. The second kappa shape index (κ2) is 5.33. The van der Waals surface area contributed by atoms with Gasteiger partial charge in [-0.15, -0.1) is 0 Å². The number of carbonyl (C=O) groups is 1. The minimum Gasteiger partial charge on any atom is -0.352 e. The molecule has 0 aliphatic heterocycles. The van der Waals surface area contributed by atoms with Crippen LogP contribution in [-0.4, -0.2) is 21.7 Å². The first-order valence-electron chi connectivity index (χ1n) is 6.92. The first kappa shape index (κ1) is 14.1. The molecule has 1 saturated carbocycles. The second-order valence-corrected chi connectivity index (χ2v) is 6.39. The maximum Gasteiger partial charge on any atom is 0.241 e. The lowest BCUT2D eigenvalue weighted by Crippen LogP contribution is -2.44. The van der Waals surface area contributed by atoms with Crippen LogP contribution in [0.1, 0.15) is 51.1 Å². The number of aromatic nitrogens is 2. The van der Waals surface area contributed by atoms with Gasteiger partial charge in [-0.25, -0.2) is 0 Å². The zero-order chi connectivity index (χ0) is 14.0. The van der Waals surface area contributed by atoms with Gasteiger partial charge in [-0.05, 0) is 24.7 Å². The lowest BCUT2D eigenvalue weighted by atomic mass is 9.75. The molecule has 1 aliphatic rings. The average Bonchev–Trinajstić information content (AvgIpc) is 2.73. The molecule has 1 fully saturated rings. The zero-order valence-corrected chi connectivity index (χ0v) is 12.0. The van der Waals surface area contributed by atoms with Gasteiger partial charge >= 0.3 is 0 Å². The summed E-state index contributed by atoms with van der Waals surface area (Å²) in [5.74, 6) is -0.101. The highest BCUT2D eigenvalue weighted by Crippen LogP contribution is 2.35. The third-order valence-corrected chi connectivity index (χ3v) is 3.92. The van der Waals surface area contributed by atoms with Crippen molar-refractivity contribution in [1.29, 1.82) is 0 Å². The number of nitrogens with one attached hydrogen (secondary N) is 1. The Morgan fingerprint density at radius 1 is 1.63 bits per heavy atom. The van der Waals surface area contributed by atoms with Crippen LogP contribution in [0.5, 0.6) is 0 Å². The molecule has 19 heavy (non-hydrogen) atoms. The Bertz CT molecular complexity index is 452. The summed E-state index contributed by atoms with van der Waals surface area (Å²) in [7, 11) is 1.82. The Morgan fingerprint density at radius 2 is 2.37 bits per heavy atom. The van der Waals surface area contributed by atoms with Crippen LogP contribution >= 0.6 is 0 Å². The van der Waals surface area contributed by atoms with Crippen molar-refractivity contribution in [3.05, 3.63) is 18.0 Å². The van der Waals surface area contributed by atoms with Gasteiger partial charge in [0.1, 0.15) is 6.04 Å². The predicted molar refractivity (Wildman–Crippen MR) is 74.3 cm³/mol. The van der Waals surface area contributed by atoms with Gasteiger partial charge in [0.25, 0.3) is 0 Å². The molecule has 0 radical (unpaired) electrons. The van der Waals surface area contributed by atoms with E-state index in [1.54, 1.807) is 17.1 Å². The highest BCUT2D eigenvalue weighted by molar-refractivity contribution is 5.83. The summed E-state index contributed by atoms with van der Waals surface area (Å²) >= 11 is 0. The minimum absolute atomic E-state index is 0.101. The van der Waals surface area contributed by atoms with E-state index in [4.69, 9.17) is 5.73 Å². The third-order valence-electron chi connectivity index (χ3n) is 3.92. The largest absolute Gasteiger partial charge is 0.352 e. The van der Waals surface area contributed by atoms with Gasteiger partial charge in [-0.2, -0.15) is 5.10 Å². The van der Waals surface area contributed by atoms with Crippen LogP contribution < -0.4 is 11.1 Å². The molecule has 5 nitrogen and oxygen atoms in total. The Kier molecular flexibility index (Phi) is 3.94. The summed E-state index contributed by atoms with van der Waals surface area (Å²) in [6.45, 7) is 4.51. The van der Waals surface area contributed by atoms with E-state index in [0.717, 1.165) is 18.4 Å². The van der Waals surface area contributed by atoms with Crippen LogP contribution in [0.4, 0.5) is 0 Å². The fraction of sp³-hybridized carbons (Fsp3) is 0.714. The molecule has 0 bridgehead atoms. The lowest BCUT2D eigenvalue weighted by molar-refractivity contribution is -0.123. The number of carbonyl (C=O) groups excluding carboxylic acids is 1. The van der Waals surface area contributed by atoms with Crippen LogP contribution in [0.3, 0.4) is 0 Å². The van der Waals surface area contributed by atoms with Gasteiger partial charge in [0.15, 0.2) is 0 Å². The number of aryl methyl sites for hydroxylation is 1. The molecule has 0 aromatic carbocycles. The Balaban J connectivity index is 1.93. The molecular weight excluding hydrogens is 240 g/mol. The molecule has 0 spiro atoms. The van der Waals surface area contributed by atoms with Crippen molar-refractivity contribution in [2.75, 3.05) is 0 Å². The van der Waals surface area contributed by atoms with Crippen LogP contribution in [0.25, 0.3) is 0 Å². The van der Waals surface area contributed by atoms with Crippen molar-refractivity contribution in [1.82, 2.24) is 15.1 Å². The summed E-state index contributed by atoms with van der Waals surface area (Å²) in [6, 6.07) is -0.377. The van der Waals surface area contributed by atoms with Gasteiger partial charge < -0.3 is 11.1 Å². The smallest absolute Gasteiger partial charge is 0.241 e. The van der Waals surface area contributed by atoms with E-state index in [2.05, 4.69) is 24.3 Å². The molecule has 1 heterocycles. The Morgan fingerprint density at radius 3 is 2.95 bits per heavy atom. The first-order chi connectivity index (χ1) is 8.87. The minimum atomic E-state index is -0.626. The number of rotatable bonds is 3. The summed E-state index contributed by atoms with van der Waals surface area (Å²) in [4.78, 5) is 12.2. The summed E-state index contributed by atoms with van der Waals surface area (Å²) in [5.41, 5.74) is 7.04. The second-order valence-electron chi connectivity index (χ2n) is 6.39. The molecule has 1 aromatic rings. The van der Waals surface area contributed by atoms with Gasteiger partial charge in [0.2, 0.25) is 5.91 Å². The monoisotopic (exact) mass is 264 g/mol. The van der Waals surface area contributed by atoms with Crippen molar-refractivity contribution < 1.29 is 4.79 Å². The van der Waals surface area contributed by atoms with Crippen LogP contribution in [-0.2, 0) is 11.8 Å². The standard InChI is InChI=1S/C14H24N4O/c1-14(2)6-4-5-11(7-14)17-13(19)12(15)10-8-16-18(3)9-10/h8-9,11-12H,4-7,15H2,1-3H3,(H,17,19). The third kappa shape index (κ3) is 3.56. The topological polar surface area (TPSA) is 72.9 Å². The molecule has 0 saturated heterocycles. The van der Waals surface area contributed by atoms with E-state index >= 15 is 0 Å². The summed E-state index contributed by atoms with van der Waals surface area (Å²) in [5, 5.41) is 7.13. The fourth-order valence-electron chi connectivity index (χ4n) is 2.86. The highest BCUT2D eigenvalue weighted by Gasteiger charge is 2.30. The van der Waals surface area contributed by atoms with Crippen LogP contribution in [0, 0.1) is 5.41 Å². The van der Waals surface area contributed by atoms with Crippen LogP contribution in [0.2, 0.25) is 0 Å². The van der Waals surface area contributed by atoms with Crippen molar-refractivity contribution in [2.45, 2.75) is 51.6 Å². The molecule has 1 aromatic heterocycles. The van der Waals surface area contributed by atoms with Crippen molar-refractivity contribution in [3.8, 4) is 0 Å². The van der Waals surface area contributed by atoms with E-state index in [-0.39, 0.29) is 11.9 Å². The van der Waals surface area contributed by atoms with E-state index < -0.39 is 6.04 Å². The van der Waals surface area contributed by atoms with Crippen LogP contribution in [0.15, 0.2) is 12.4 Å². The van der Waals surface area contributed by atoms with E-state index in [1.807, 2.05) is 7.05 Å². The first-order valence-corrected chi connectivity index (χ1v) is 6.92. The van der Waals surface area contributed by atoms with Gasteiger partial charge in [-0.1, -0.05) is 20.3 Å². The van der Waals surface area contributed by atoms with Crippen molar-refractivity contribution >= 4 is 5.91 Å². The normalized spacial score (nSPS) is 23.9. The average molecular weight is 264 g/mol. The zero-order valence-electron chi connectivity index (χ0n) is 12.0.